The first kappa shape index (κ1) is 12.5. The predicted molar refractivity (Wildman–Crippen MR) is 64.0 cm³/mol. The molecular formula is C11H20N4O. The molecule has 0 spiro atoms. The minimum Gasteiger partial charge on any atom is -0.396 e. The zero-order valence-corrected chi connectivity index (χ0v) is 10.4. The van der Waals surface area contributed by atoms with E-state index in [1.165, 1.54) is 0 Å². The van der Waals surface area contributed by atoms with Crippen molar-refractivity contribution >= 4 is 11.6 Å². The number of nitrogens with two attached hydrogens (primary N) is 1. The van der Waals surface area contributed by atoms with Crippen LogP contribution in [0.4, 0.5) is 5.69 Å². The quantitative estimate of drug-likeness (QED) is 0.833. The Labute approximate surface area is 96.2 Å². The van der Waals surface area contributed by atoms with Gasteiger partial charge in [0.05, 0.1) is 5.69 Å². The van der Waals surface area contributed by atoms with Crippen LogP contribution in [-0.4, -0.2) is 34.2 Å². The zero-order valence-electron chi connectivity index (χ0n) is 10.4. The Morgan fingerprint density at radius 1 is 1.62 bits per heavy atom. The maximum atomic E-state index is 12.0. The summed E-state index contributed by atoms with van der Waals surface area (Å²) in [6.07, 6.45) is 2.62. The molecule has 90 valence electrons. The molecule has 1 aromatic heterocycles. The zero-order chi connectivity index (χ0) is 12.3. The van der Waals surface area contributed by atoms with Crippen molar-refractivity contribution in [3.8, 4) is 0 Å². The summed E-state index contributed by atoms with van der Waals surface area (Å²) in [5, 5.41) is 4.06. The third kappa shape index (κ3) is 2.98. The van der Waals surface area contributed by atoms with E-state index in [-0.39, 0.29) is 5.91 Å². The number of rotatable bonds is 4. The van der Waals surface area contributed by atoms with Gasteiger partial charge in [-0.2, -0.15) is 5.10 Å². The Balaban J connectivity index is 2.67. The monoisotopic (exact) mass is 224 g/mol. The molecule has 0 aromatic carbocycles. The lowest BCUT2D eigenvalue weighted by molar-refractivity contribution is 0.0783. The second-order valence-corrected chi connectivity index (χ2v) is 4.52. The van der Waals surface area contributed by atoms with Crippen molar-refractivity contribution in [3.63, 3.8) is 0 Å². The number of nitrogens with zero attached hydrogens (tertiary/aromatic N) is 3. The van der Waals surface area contributed by atoms with Crippen LogP contribution in [0.2, 0.25) is 0 Å². The summed E-state index contributed by atoms with van der Waals surface area (Å²) in [7, 11) is 3.53. The van der Waals surface area contributed by atoms with Crippen LogP contribution in [0.25, 0.3) is 0 Å². The van der Waals surface area contributed by atoms with Gasteiger partial charge in [0.25, 0.3) is 5.91 Å². The Bertz CT molecular complexity index is 370. The highest BCUT2D eigenvalue weighted by Gasteiger charge is 2.18. The number of amides is 1. The molecule has 0 saturated heterocycles. The highest BCUT2D eigenvalue weighted by molar-refractivity contribution is 5.96. The molecule has 0 saturated carbocycles. The highest BCUT2D eigenvalue weighted by atomic mass is 16.2. The number of aryl methyl sites for hydroxylation is 1. The highest BCUT2D eigenvalue weighted by Crippen LogP contribution is 2.11. The molecule has 0 aliphatic heterocycles. The fourth-order valence-electron chi connectivity index (χ4n) is 1.41. The van der Waals surface area contributed by atoms with Crippen molar-refractivity contribution in [3.05, 3.63) is 11.9 Å². The van der Waals surface area contributed by atoms with Gasteiger partial charge in [-0.3, -0.25) is 9.48 Å². The van der Waals surface area contributed by atoms with Crippen LogP contribution >= 0.6 is 0 Å². The summed E-state index contributed by atoms with van der Waals surface area (Å²) in [6, 6.07) is 0. The van der Waals surface area contributed by atoms with Crippen LogP contribution in [0.1, 0.15) is 30.8 Å². The van der Waals surface area contributed by atoms with Gasteiger partial charge in [0.2, 0.25) is 0 Å². The van der Waals surface area contributed by atoms with Crippen LogP contribution in [0, 0.1) is 5.92 Å². The summed E-state index contributed by atoms with van der Waals surface area (Å²) in [5.74, 6) is 0.468. The number of carbonyl (C=O) groups excluding carboxylic acids is 1. The minimum atomic E-state index is -0.112. The number of hydrogen-bond donors (Lipinski definition) is 1. The molecule has 2 N–H and O–H groups in total. The van der Waals surface area contributed by atoms with Gasteiger partial charge in [-0.25, -0.2) is 0 Å². The van der Waals surface area contributed by atoms with Gasteiger partial charge in [-0.1, -0.05) is 13.8 Å². The Hall–Kier alpha value is -1.52. The molecule has 1 heterocycles. The van der Waals surface area contributed by atoms with Gasteiger partial charge in [0, 0.05) is 26.8 Å². The molecule has 0 aliphatic rings. The fraction of sp³-hybridized carbons (Fsp3) is 0.636. The number of aromatic nitrogens is 2. The van der Waals surface area contributed by atoms with Crippen molar-refractivity contribution < 1.29 is 4.79 Å². The van der Waals surface area contributed by atoms with Crippen LogP contribution in [0.15, 0.2) is 6.20 Å². The molecule has 1 amide bonds. The fourth-order valence-corrected chi connectivity index (χ4v) is 1.41. The Morgan fingerprint density at radius 2 is 2.25 bits per heavy atom. The van der Waals surface area contributed by atoms with Crippen molar-refractivity contribution in [2.75, 3.05) is 19.3 Å². The number of hydrogen-bond acceptors (Lipinski definition) is 3. The van der Waals surface area contributed by atoms with E-state index in [4.69, 9.17) is 5.73 Å². The average molecular weight is 224 g/mol. The van der Waals surface area contributed by atoms with E-state index in [0.717, 1.165) is 13.0 Å². The largest absolute Gasteiger partial charge is 0.396 e. The molecule has 0 radical (unpaired) electrons. The average Bonchev–Trinajstić information content (AvgIpc) is 2.53. The van der Waals surface area contributed by atoms with Crippen molar-refractivity contribution in [2.45, 2.75) is 20.3 Å². The summed E-state index contributed by atoms with van der Waals surface area (Å²) in [6.45, 7) is 4.99. The molecule has 0 atom stereocenters. The van der Waals surface area contributed by atoms with E-state index in [1.54, 1.807) is 29.9 Å². The van der Waals surface area contributed by atoms with Crippen LogP contribution in [0.5, 0.6) is 0 Å². The SMILES string of the molecule is CC(C)CCN(C)C(=O)c1nn(C)cc1N. The normalized spacial score (nSPS) is 10.8. The van der Waals surface area contributed by atoms with Crippen LogP contribution in [0.3, 0.4) is 0 Å². The molecule has 0 aliphatic carbocycles. The van der Waals surface area contributed by atoms with Gasteiger partial charge < -0.3 is 10.6 Å². The maximum absolute atomic E-state index is 12.0. The molecule has 16 heavy (non-hydrogen) atoms. The molecule has 1 rings (SSSR count). The van der Waals surface area contributed by atoms with Gasteiger partial charge in [-0.05, 0) is 12.3 Å². The standard InChI is InChI=1S/C11H20N4O/c1-8(2)5-6-14(3)11(16)10-9(12)7-15(4)13-10/h7-8H,5-6,12H2,1-4H3. The van der Waals surface area contributed by atoms with E-state index >= 15 is 0 Å². The lowest BCUT2D eigenvalue weighted by atomic mass is 10.1. The van der Waals surface area contributed by atoms with Gasteiger partial charge in [-0.15, -0.1) is 0 Å². The summed E-state index contributed by atoms with van der Waals surface area (Å²) >= 11 is 0. The topological polar surface area (TPSA) is 64.2 Å². The Morgan fingerprint density at radius 3 is 2.69 bits per heavy atom. The molecule has 0 bridgehead atoms. The van der Waals surface area contributed by atoms with E-state index in [9.17, 15) is 4.79 Å². The molecule has 5 nitrogen and oxygen atoms in total. The van der Waals surface area contributed by atoms with Crippen molar-refractivity contribution in [2.24, 2.45) is 13.0 Å². The third-order valence-electron chi connectivity index (χ3n) is 2.45. The van der Waals surface area contributed by atoms with Gasteiger partial charge >= 0.3 is 0 Å². The summed E-state index contributed by atoms with van der Waals surface area (Å²) < 4.78 is 1.55. The lowest BCUT2D eigenvalue weighted by Gasteiger charge is -2.17. The van der Waals surface area contributed by atoms with Gasteiger partial charge in [0.15, 0.2) is 5.69 Å². The van der Waals surface area contributed by atoms with E-state index in [2.05, 4.69) is 18.9 Å². The predicted octanol–water partition coefficient (Wildman–Crippen LogP) is 1.12. The molecular weight excluding hydrogens is 204 g/mol. The lowest BCUT2D eigenvalue weighted by Crippen LogP contribution is -2.29. The second-order valence-electron chi connectivity index (χ2n) is 4.52. The number of carbonyl (C=O) groups is 1. The van der Waals surface area contributed by atoms with E-state index < -0.39 is 0 Å². The van der Waals surface area contributed by atoms with Gasteiger partial charge in [0.1, 0.15) is 0 Å². The van der Waals surface area contributed by atoms with Crippen molar-refractivity contribution in [1.82, 2.24) is 14.7 Å². The first-order valence-electron chi connectivity index (χ1n) is 5.46. The van der Waals surface area contributed by atoms with Crippen LogP contribution in [-0.2, 0) is 7.05 Å². The van der Waals surface area contributed by atoms with Crippen molar-refractivity contribution in [1.29, 1.82) is 0 Å². The summed E-state index contributed by atoms with van der Waals surface area (Å²) in [4.78, 5) is 13.6. The first-order valence-corrected chi connectivity index (χ1v) is 5.46. The molecule has 5 heteroatoms. The smallest absolute Gasteiger partial charge is 0.276 e. The molecule has 1 aromatic rings. The Kier molecular flexibility index (Phi) is 3.93. The molecule has 0 fully saturated rings. The van der Waals surface area contributed by atoms with Crippen LogP contribution < -0.4 is 5.73 Å². The maximum Gasteiger partial charge on any atom is 0.276 e. The number of nitrogen functional groups attached to an aromatic ring is 1. The number of anilines is 1. The minimum absolute atomic E-state index is 0.112. The second kappa shape index (κ2) is 5.01. The van der Waals surface area contributed by atoms with E-state index in [0.29, 0.717) is 17.3 Å². The third-order valence-corrected chi connectivity index (χ3v) is 2.45. The molecule has 0 unspecified atom stereocenters. The van der Waals surface area contributed by atoms with E-state index in [1.807, 2.05) is 0 Å². The first-order chi connectivity index (χ1) is 7.41. The summed E-state index contributed by atoms with van der Waals surface area (Å²) in [5.41, 5.74) is 6.48.